The Morgan fingerprint density at radius 1 is 1.08 bits per heavy atom. The molecule has 0 saturated carbocycles. The van der Waals surface area contributed by atoms with Gasteiger partial charge in [0.2, 0.25) is 15.9 Å². The van der Waals surface area contributed by atoms with Crippen LogP contribution in [-0.4, -0.2) is 31.2 Å². The largest absolute Gasteiger partial charge is 0.325 e. The number of aryl methyl sites for hydroxylation is 1. The van der Waals surface area contributed by atoms with Gasteiger partial charge in [-0.05, 0) is 49.1 Å². The number of nitrogens with zero attached hydrogens (tertiary/aromatic N) is 1. The summed E-state index contributed by atoms with van der Waals surface area (Å²) in [5.74, 6) is -0.270. The third-order valence-electron chi connectivity index (χ3n) is 4.74. The topological polar surface area (TPSA) is 66.5 Å². The first kappa shape index (κ1) is 18.6. The monoisotopic (exact) mass is 372 g/mol. The first-order chi connectivity index (χ1) is 12.5. The van der Waals surface area contributed by atoms with Gasteiger partial charge in [-0.15, -0.1) is 0 Å². The summed E-state index contributed by atoms with van der Waals surface area (Å²) in [7, 11) is -3.69. The molecule has 1 atom stereocenters. The van der Waals surface area contributed by atoms with E-state index in [0.717, 1.165) is 19.3 Å². The minimum absolute atomic E-state index is 0.229. The number of carbonyl (C=O) groups is 1. The Bertz CT molecular complexity index is 848. The molecule has 3 rings (SSSR count). The predicted octanol–water partition coefficient (Wildman–Crippen LogP) is 3.43. The third kappa shape index (κ3) is 3.97. The molecule has 2 aromatic rings. The van der Waals surface area contributed by atoms with E-state index >= 15 is 0 Å². The summed E-state index contributed by atoms with van der Waals surface area (Å²) in [6.07, 6.45) is 3.07. The highest BCUT2D eigenvalue weighted by molar-refractivity contribution is 7.89. The number of hydrogen-bond donors (Lipinski definition) is 1. The maximum atomic E-state index is 13.0. The average molecular weight is 372 g/mol. The summed E-state index contributed by atoms with van der Waals surface area (Å²) in [6, 6.07) is 15.3. The van der Waals surface area contributed by atoms with E-state index in [-0.39, 0.29) is 10.8 Å². The van der Waals surface area contributed by atoms with Gasteiger partial charge in [-0.3, -0.25) is 4.79 Å². The zero-order chi connectivity index (χ0) is 18.6. The fourth-order valence-corrected chi connectivity index (χ4v) is 4.91. The fraction of sp³-hybridized carbons (Fsp3) is 0.350. The molecule has 1 saturated heterocycles. The van der Waals surface area contributed by atoms with Gasteiger partial charge in [0.25, 0.3) is 0 Å². The number of piperidine rings is 1. The highest BCUT2D eigenvalue weighted by Gasteiger charge is 2.37. The van der Waals surface area contributed by atoms with Crippen molar-refractivity contribution in [2.24, 2.45) is 0 Å². The van der Waals surface area contributed by atoms with Gasteiger partial charge in [0.1, 0.15) is 6.04 Å². The van der Waals surface area contributed by atoms with Crippen LogP contribution < -0.4 is 5.32 Å². The van der Waals surface area contributed by atoms with Crippen LogP contribution in [0.1, 0.15) is 31.7 Å². The van der Waals surface area contributed by atoms with Crippen LogP contribution in [0, 0.1) is 0 Å². The van der Waals surface area contributed by atoms with Gasteiger partial charge in [-0.2, -0.15) is 4.31 Å². The van der Waals surface area contributed by atoms with Crippen molar-refractivity contribution in [3.05, 3.63) is 60.2 Å². The van der Waals surface area contributed by atoms with Crippen LogP contribution in [0.2, 0.25) is 0 Å². The zero-order valence-electron chi connectivity index (χ0n) is 14.9. The van der Waals surface area contributed by atoms with Crippen molar-refractivity contribution in [1.82, 2.24) is 4.31 Å². The second-order valence-electron chi connectivity index (χ2n) is 6.48. The summed E-state index contributed by atoms with van der Waals surface area (Å²) in [5, 5.41) is 2.87. The Balaban J connectivity index is 1.81. The van der Waals surface area contributed by atoms with Crippen LogP contribution >= 0.6 is 0 Å². The van der Waals surface area contributed by atoms with Gasteiger partial charge in [0.15, 0.2) is 0 Å². The minimum atomic E-state index is -3.69. The van der Waals surface area contributed by atoms with E-state index in [9.17, 15) is 13.2 Å². The zero-order valence-corrected chi connectivity index (χ0v) is 15.7. The maximum absolute atomic E-state index is 13.0. The Morgan fingerprint density at radius 2 is 1.77 bits per heavy atom. The summed E-state index contributed by atoms with van der Waals surface area (Å²) >= 11 is 0. The molecular formula is C20H24N2O3S. The van der Waals surface area contributed by atoms with Crippen molar-refractivity contribution < 1.29 is 13.2 Å². The number of hydrogen-bond acceptors (Lipinski definition) is 3. The molecule has 1 heterocycles. The SMILES string of the molecule is CCc1ccc(NC(=O)C2CCCCN2S(=O)(=O)c2ccccc2)cc1. The van der Waals surface area contributed by atoms with Gasteiger partial charge < -0.3 is 5.32 Å². The molecule has 1 amide bonds. The number of nitrogens with one attached hydrogen (secondary N) is 1. The molecule has 1 aliphatic heterocycles. The first-order valence-electron chi connectivity index (χ1n) is 8.99. The number of sulfonamides is 1. The molecule has 1 N–H and O–H groups in total. The Kier molecular flexibility index (Phi) is 5.74. The second-order valence-corrected chi connectivity index (χ2v) is 8.37. The van der Waals surface area contributed by atoms with Crippen LogP contribution in [0.3, 0.4) is 0 Å². The second kappa shape index (κ2) is 8.01. The lowest BCUT2D eigenvalue weighted by Gasteiger charge is -2.33. The molecule has 5 nitrogen and oxygen atoms in total. The van der Waals surface area contributed by atoms with Crippen LogP contribution in [0.25, 0.3) is 0 Å². The van der Waals surface area contributed by atoms with E-state index in [4.69, 9.17) is 0 Å². The van der Waals surface area contributed by atoms with Crippen molar-refractivity contribution in [2.75, 3.05) is 11.9 Å². The van der Waals surface area contributed by atoms with Gasteiger partial charge >= 0.3 is 0 Å². The molecule has 0 aliphatic carbocycles. The number of rotatable bonds is 5. The molecule has 1 fully saturated rings. The number of amides is 1. The van der Waals surface area contributed by atoms with Gasteiger partial charge in [-0.1, -0.05) is 43.7 Å². The van der Waals surface area contributed by atoms with Crippen molar-refractivity contribution in [3.8, 4) is 0 Å². The van der Waals surface area contributed by atoms with E-state index in [1.165, 1.54) is 9.87 Å². The van der Waals surface area contributed by atoms with Crippen LogP contribution in [0.4, 0.5) is 5.69 Å². The van der Waals surface area contributed by atoms with Crippen LogP contribution in [0.15, 0.2) is 59.5 Å². The molecule has 0 radical (unpaired) electrons. The molecule has 1 aliphatic rings. The number of carbonyl (C=O) groups excluding carboxylic acids is 1. The van der Waals surface area contributed by atoms with Gasteiger partial charge in [-0.25, -0.2) is 8.42 Å². The summed E-state index contributed by atoms with van der Waals surface area (Å²) in [5.41, 5.74) is 1.88. The van der Waals surface area contributed by atoms with E-state index in [2.05, 4.69) is 12.2 Å². The fourth-order valence-electron chi connectivity index (χ4n) is 3.23. The molecule has 1 unspecified atom stereocenters. The lowest BCUT2D eigenvalue weighted by molar-refractivity contribution is -0.120. The molecule has 0 spiro atoms. The Morgan fingerprint density at radius 3 is 2.42 bits per heavy atom. The molecule has 6 heteroatoms. The Labute approximate surface area is 155 Å². The molecule has 0 aromatic heterocycles. The van der Waals surface area contributed by atoms with E-state index in [1.54, 1.807) is 30.3 Å². The molecule has 26 heavy (non-hydrogen) atoms. The van der Waals surface area contributed by atoms with Crippen LogP contribution in [-0.2, 0) is 21.2 Å². The number of anilines is 1. The minimum Gasteiger partial charge on any atom is -0.325 e. The van der Waals surface area contributed by atoms with Gasteiger partial charge in [0, 0.05) is 12.2 Å². The quantitative estimate of drug-likeness (QED) is 0.874. The summed E-state index contributed by atoms with van der Waals surface area (Å²) in [6.45, 7) is 2.44. The summed E-state index contributed by atoms with van der Waals surface area (Å²) in [4.78, 5) is 13.0. The summed E-state index contributed by atoms with van der Waals surface area (Å²) < 4.78 is 27.3. The van der Waals surface area contributed by atoms with Crippen molar-refractivity contribution in [3.63, 3.8) is 0 Å². The van der Waals surface area contributed by atoms with Crippen molar-refractivity contribution in [1.29, 1.82) is 0 Å². The molecular weight excluding hydrogens is 348 g/mol. The highest BCUT2D eigenvalue weighted by Crippen LogP contribution is 2.26. The predicted molar refractivity (Wildman–Crippen MR) is 102 cm³/mol. The van der Waals surface area contributed by atoms with Gasteiger partial charge in [0.05, 0.1) is 4.90 Å². The Hall–Kier alpha value is -2.18. The molecule has 138 valence electrons. The lowest BCUT2D eigenvalue weighted by Crippen LogP contribution is -2.49. The third-order valence-corrected chi connectivity index (χ3v) is 6.66. The normalized spacial score (nSPS) is 18.4. The van der Waals surface area contributed by atoms with E-state index in [1.807, 2.05) is 24.3 Å². The van der Waals surface area contributed by atoms with Crippen molar-refractivity contribution in [2.45, 2.75) is 43.5 Å². The lowest BCUT2D eigenvalue weighted by atomic mass is 10.0. The average Bonchev–Trinajstić information content (AvgIpc) is 2.69. The first-order valence-corrected chi connectivity index (χ1v) is 10.4. The van der Waals surface area contributed by atoms with E-state index in [0.29, 0.717) is 18.7 Å². The van der Waals surface area contributed by atoms with Crippen molar-refractivity contribution >= 4 is 21.6 Å². The standard InChI is InChI=1S/C20H24N2O3S/c1-2-16-11-13-17(14-12-16)21-20(23)19-10-6-7-15-22(19)26(24,25)18-8-4-3-5-9-18/h3-5,8-9,11-14,19H,2,6-7,10,15H2,1H3,(H,21,23). The van der Waals surface area contributed by atoms with E-state index < -0.39 is 16.1 Å². The number of benzene rings is 2. The van der Waals surface area contributed by atoms with Crippen LogP contribution in [0.5, 0.6) is 0 Å². The molecule has 0 bridgehead atoms. The maximum Gasteiger partial charge on any atom is 0.243 e. The smallest absolute Gasteiger partial charge is 0.243 e. The highest BCUT2D eigenvalue weighted by atomic mass is 32.2. The molecule has 2 aromatic carbocycles.